The molecule has 1 heterocycles. The minimum atomic E-state index is 0.103. The van der Waals surface area contributed by atoms with E-state index in [2.05, 4.69) is 39.0 Å². The van der Waals surface area contributed by atoms with Gasteiger partial charge in [-0.2, -0.15) is 0 Å². The quantitative estimate of drug-likeness (QED) is 0.601. The number of hydrogen-bond donors (Lipinski definition) is 0. The maximum Gasteiger partial charge on any atom is 0.241 e. The van der Waals surface area contributed by atoms with Gasteiger partial charge in [0.25, 0.3) is 0 Å². The molecule has 0 saturated heterocycles. The predicted molar refractivity (Wildman–Crippen MR) is 68.4 cm³/mol. The average Bonchev–Trinajstić information content (AvgIpc) is 2.22. The Bertz CT molecular complexity index is 434. The van der Waals surface area contributed by atoms with Gasteiger partial charge in [-0.15, -0.1) is 0 Å². The fourth-order valence-electron chi connectivity index (χ4n) is 2.06. The van der Waals surface area contributed by atoms with E-state index in [-0.39, 0.29) is 11.3 Å². The van der Waals surface area contributed by atoms with Crippen molar-refractivity contribution >= 4 is 13.9 Å². The second-order valence-electron chi connectivity index (χ2n) is 5.60. The van der Waals surface area contributed by atoms with Crippen LogP contribution in [0.3, 0.4) is 0 Å². The largest absolute Gasteiger partial charge is 0.389 e. The van der Waals surface area contributed by atoms with Gasteiger partial charge < -0.3 is 4.81 Å². The smallest absolute Gasteiger partial charge is 0.241 e. The summed E-state index contributed by atoms with van der Waals surface area (Å²) < 4.78 is 0. The summed E-state index contributed by atoms with van der Waals surface area (Å²) in [5.41, 5.74) is 3.41. The molecule has 1 amide bonds. The Morgan fingerprint density at radius 2 is 2.00 bits per heavy atom. The maximum absolute atomic E-state index is 12.0. The summed E-state index contributed by atoms with van der Waals surface area (Å²) in [6.45, 7) is 7.35. The molecule has 1 aliphatic heterocycles. The standard InChI is InChI=1S/C13H18BNO/c1-13(2,3)10-5-4-9-6-7-15(14)12(16)11(9)8-10/h4-5,8H,6-7,14H2,1-3H3. The molecule has 2 nitrogen and oxygen atoms in total. The molecule has 0 aliphatic carbocycles. The lowest BCUT2D eigenvalue weighted by Gasteiger charge is -2.28. The molecule has 0 fully saturated rings. The van der Waals surface area contributed by atoms with Gasteiger partial charge in [-0.25, -0.2) is 0 Å². The van der Waals surface area contributed by atoms with Crippen LogP contribution >= 0.6 is 0 Å². The van der Waals surface area contributed by atoms with Crippen LogP contribution in [0.1, 0.15) is 42.3 Å². The Balaban J connectivity index is 2.49. The van der Waals surface area contributed by atoms with E-state index in [0.717, 1.165) is 18.5 Å². The minimum absolute atomic E-state index is 0.103. The fourth-order valence-corrected chi connectivity index (χ4v) is 2.06. The van der Waals surface area contributed by atoms with Gasteiger partial charge in [0.05, 0.1) is 0 Å². The zero-order chi connectivity index (χ0) is 11.9. The molecule has 0 aromatic heterocycles. The number of carbonyl (C=O) groups excluding carboxylic acids is 1. The second kappa shape index (κ2) is 3.65. The SMILES string of the molecule is BN1CCc2ccc(C(C)(C)C)cc2C1=O. The molecule has 1 aromatic rings. The number of rotatable bonds is 0. The van der Waals surface area contributed by atoms with Gasteiger partial charge in [-0.05, 0) is 29.0 Å². The fraction of sp³-hybridized carbons (Fsp3) is 0.462. The second-order valence-corrected chi connectivity index (χ2v) is 5.60. The highest BCUT2D eigenvalue weighted by Gasteiger charge is 2.23. The molecule has 1 aliphatic rings. The molecule has 0 unspecified atom stereocenters. The summed E-state index contributed by atoms with van der Waals surface area (Å²) in [6.07, 6.45) is 0.974. The van der Waals surface area contributed by atoms with Crippen LogP contribution in [0.4, 0.5) is 0 Å². The van der Waals surface area contributed by atoms with Gasteiger partial charge in [0.1, 0.15) is 0 Å². The van der Waals surface area contributed by atoms with Gasteiger partial charge in [0, 0.05) is 12.1 Å². The molecule has 0 radical (unpaired) electrons. The van der Waals surface area contributed by atoms with Gasteiger partial charge in [0.15, 0.2) is 0 Å². The molecule has 0 spiro atoms. The molecule has 16 heavy (non-hydrogen) atoms. The van der Waals surface area contributed by atoms with E-state index >= 15 is 0 Å². The first kappa shape index (κ1) is 11.2. The summed E-state index contributed by atoms with van der Waals surface area (Å²) in [6, 6.07) is 6.32. The van der Waals surface area contributed by atoms with Crippen molar-refractivity contribution in [2.24, 2.45) is 0 Å². The molecule has 2 rings (SSSR count). The normalized spacial score (nSPS) is 16.2. The summed E-state index contributed by atoms with van der Waals surface area (Å²) in [5.74, 6) is 0.160. The van der Waals surface area contributed by atoms with Crippen molar-refractivity contribution in [3.05, 3.63) is 34.9 Å². The summed E-state index contributed by atoms with van der Waals surface area (Å²) >= 11 is 0. The first-order chi connectivity index (χ1) is 7.39. The Morgan fingerprint density at radius 1 is 1.31 bits per heavy atom. The number of benzene rings is 1. The molecular formula is C13H18BNO. The highest BCUT2D eigenvalue weighted by atomic mass is 16.2. The van der Waals surface area contributed by atoms with Crippen LogP contribution in [0.15, 0.2) is 18.2 Å². The molecule has 1 aromatic carbocycles. The first-order valence-electron chi connectivity index (χ1n) is 5.78. The van der Waals surface area contributed by atoms with Crippen molar-refractivity contribution < 1.29 is 4.79 Å². The van der Waals surface area contributed by atoms with Crippen molar-refractivity contribution in [2.75, 3.05) is 6.54 Å². The number of hydrogen-bond acceptors (Lipinski definition) is 1. The summed E-state index contributed by atoms with van der Waals surface area (Å²) in [4.78, 5) is 13.8. The van der Waals surface area contributed by atoms with Crippen molar-refractivity contribution in [2.45, 2.75) is 32.6 Å². The third-order valence-electron chi connectivity index (χ3n) is 3.27. The van der Waals surface area contributed by atoms with Crippen LogP contribution in [0.5, 0.6) is 0 Å². The Hall–Kier alpha value is -1.25. The summed E-state index contributed by atoms with van der Waals surface area (Å²) in [5, 5.41) is 0. The lowest BCUT2D eigenvalue weighted by molar-refractivity contribution is 0.0851. The van der Waals surface area contributed by atoms with E-state index < -0.39 is 0 Å². The lowest BCUT2D eigenvalue weighted by Crippen LogP contribution is -2.35. The molecule has 0 saturated carbocycles. The number of nitrogens with zero attached hydrogens (tertiary/aromatic N) is 1. The Morgan fingerprint density at radius 3 is 2.62 bits per heavy atom. The van der Waals surface area contributed by atoms with E-state index in [9.17, 15) is 4.79 Å². The third-order valence-corrected chi connectivity index (χ3v) is 3.27. The average molecular weight is 215 g/mol. The van der Waals surface area contributed by atoms with E-state index in [1.54, 1.807) is 4.81 Å². The van der Waals surface area contributed by atoms with Gasteiger partial charge in [0.2, 0.25) is 13.9 Å². The lowest BCUT2D eigenvalue weighted by atomic mass is 9.83. The van der Waals surface area contributed by atoms with Crippen LogP contribution in [-0.2, 0) is 11.8 Å². The zero-order valence-electron chi connectivity index (χ0n) is 10.5. The van der Waals surface area contributed by atoms with Gasteiger partial charge in [-0.3, -0.25) is 4.79 Å². The van der Waals surface area contributed by atoms with Crippen LogP contribution in [-0.4, -0.2) is 25.2 Å². The van der Waals surface area contributed by atoms with E-state index in [1.807, 2.05) is 7.98 Å². The molecule has 0 atom stereocenters. The van der Waals surface area contributed by atoms with Gasteiger partial charge in [-0.1, -0.05) is 32.9 Å². The Kier molecular flexibility index (Phi) is 2.57. The number of fused-ring (bicyclic) bond motifs is 1. The molecule has 3 heteroatoms. The van der Waals surface area contributed by atoms with Crippen LogP contribution in [0.2, 0.25) is 0 Å². The van der Waals surface area contributed by atoms with Crippen LogP contribution in [0.25, 0.3) is 0 Å². The molecule has 0 bridgehead atoms. The van der Waals surface area contributed by atoms with Gasteiger partial charge >= 0.3 is 0 Å². The maximum atomic E-state index is 12.0. The third kappa shape index (κ3) is 1.86. The molecular weight excluding hydrogens is 197 g/mol. The predicted octanol–water partition coefficient (Wildman–Crippen LogP) is 1.53. The number of carbonyl (C=O) groups is 1. The molecule has 84 valence electrons. The monoisotopic (exact) mass is 215 g/mol. The Labute approximate surface area is 98.1 Å². The van der Waals surface area contributed by atoms with E-state index in [0.29, 0.717) is 0 Å². The van der Waals surface area contributed by atoms with Crippen molar-refractivity contribution in [1.82, 2.24) is 4.81 Å². The van der Waals surface area contributed by atoms with E-state index in [1.165, 1.54) is 11.1 Å². The van der Waals surface area contributed by atoms with Crippen molar-refractivity contribution in [3.8, 4) is 0 Å². The van der Waals surface area contributed by atoms with E-state index in [4.69, 9.17) is 0 Å². The number of amides is 1. The summed E-state index contributed by atoms with van der Waals surface area (Å²) in [7, 11) is 1.87. The first-order valence-corrected chi connectivity index (χ1v) is 5.78. The van der Waals surface area contributed by atoms with Crippen molar-refractivity contribution in [3.63, 3.8) is 0 Å². The molecule has 0 N–H and O–H groups in total. The highest BCUT2D eigenvalue weighted by Crippen LogP contribution is 2.27. The topological polar surface area (TPSA) is 20.3 Å². The minimum Gasteiger partial charge on any atom is -0.389 e. The zero-order valence-corrected chi connectivity index (χ0v) is 10.5. The van der Waals surface area contributed by atoms with Crippen LogP contribution < -0.4 is 0 Å². The highest BCUT2D eigenvalue weighted by molar-refractivity contribution is 6.19. The van der Waals surface area contributed by atoms with Crippen molar-refractivity contribution in [1.29, 1.82) is 0 Å². The van der Waals surface area contributed by atoms with Crippen LogP contribution in [0, 0.1) is 0 Å².